The van der Waals surface area contributed by atoms with E-state index in [0.29, 0.717) is 0 Å². The average molecular weight is 520 g/mol. The number of rotatable bonds is 13. The van der Waals surface area contributed by atoms with Crippen LogP contribution in [0.15, 0.2) is 58.6 Å². The van der Waals surface area contributed by atoms with E-state index in [9.17, 15) is 0 Å². The molecule has 7 nitrogen and oxygen atoms in total. The molecule has 4 N–H and O–H groups in total. The fourth-order valence-corrected chi connectivity index (χ4v) is 5.41. The molecule has 198 valence electrons. The number of likely N-dealkylation sites (N-methyl/N-ethyl adjacent to an activating group) is 2. The van der Waals surface area contributed by atoms with Crippen molar-refractivity contribution in [3.8, 4) is 11.3 Å². The summed E-state index contributed by atoms with van der Waals surface area (Å²) in [6.45, 7) is 9.33. The van der Waals surface area contributed by atoms with Crippen molar-refractivity contribution >= 4 is 28.8 Å². The molecule has 1 aliphatic rings. The van der Waals surface area contributed by atoms with Crippen molar-refractivity contribution < 1.29 is 0 Å². The monoisotopic (exact) mass is 519 g/mol. The molecule has 0 radical (unpaired) electrons. The Morgan fingerprint density at radius 1 is 1.00 bits per heavy atom. The van der Waals surface area contributed by atoms with Crippen LogP contribution in [0.25, 0.3) is 17.0 Å². The lowest BCUT2D eigenvalue weighted by atomic mass is 10.1. The summed E-state index contributed by atoms with van der Waals surface area (Å²) in [5, 5.41) is 10.4. The number of nitrogens with zero attached hydrogens (tertiary/aromatic N) is 3. The van der Waals surface area contributed by atoms with E-state index in [1.807, 2.05) is 25.0 Å². The SMILES string of the molecule is CCCNCc1ncc(-c2ccc3c(c2)Nc2ccc(/C(=C/N(C)CCN(C)CCC)NC)cc2S3)[nH]1. The summed E-state index contributed by atoms with van der Waals surface area (Å²) in [5.41, 5.74) is 6.74. The Kier molecular flexibility index (Phi) is 9.55. The number of aromatic amines is 1. The Morgan fingerprint density at radius 3 is 2.65 bits per heavy atom. The molecule has 3 aromatic rings. The van der Waals surface area contributed by atoms with Gasteiger partial charge in [-0.2, -0.15) is 0 Å². The minimum absolute atomic E-state index is 0.761. The first-order chi connectivity index (χ1) is 18.0. The first-order valence-corrected chi connectivity index (χ1v) is 14.1. The molecule has 2 aromatic carbocycles. The second-order valence-corrected chi connectivity index (χ2v) is 10.7. The van der Waals surface area contributed by atoms with Gasteiger partial charge in [0.2, 0.25) is 0 Å². The maximum atomic E-state index is 4.53. The molecule has 1 aromatic heterocycles. The predicted molar refractivity (Wildman–Crippen MR) is 157 cm³/mol. The van der Waals surface area contributed by atoms with Crippen LogP contribution in [0.1, 0.15) is 38.1 Å². The smallest absolute Gasteiger partial charge is 0.120 e. The van der Waals surface area contributed by atoms with Gasteiger partial charge in [-0.1, -0.05) is 37.7 Å². The Labute approximate surface area is 226 Å². The van der Waals surface area contributed by atoms with Gasteiger partial charge in [-0.25, -0.2) is 4.98 Å². The highest BCUT2D eigenvalue weighted by Gasteiger charge is 2.18. The number of hydrogen-bond acceptors (Lipinski definition) is 7. The average Bonchev–Trinajstić information content (AvgIpc) is 3.38. The van der Waals surface area contributed by atoms with Crippen LogP contribution in [0.5, 0.6) is 0 Å². The third-order valence-electron chi connectivity index (χ3n) is 6.48. The molecule has 0 bridgehead atoms. The molecule has 0 saturated carbocycles. The molecule has 0 atom stereocenters. The maximum Gasteiger partial charge on any atom is 0.120 e. The van der Waals surface area contributed by atoms with E-state index < -0.39 is 0 Å². The number of imidazole rings is 1. The van der Waals surface area contributed by atoms with Crippen LogP contribution in [0.3, 0.4) is 0 Å². The zero-order valence-electron chi connectivity index (χ0n) is 22.8. The highest BCUT2D eigenvalue weighted by Crippen LogP contribution is 2.46. The fourth-order valence-electron chi connectivity index (χ4n) is 4.40. The highest BCUT2D eigenvalue weighted by atomic mass is 32.2. The molecule has 8 heteroatoms. The lowest BCUT2D eigenvalue weighted by molar-refractivity contribution is 0.295. The summed E-state index contributed by atoms with van der Waals surface area (Å²) in [7, 11) is 6.32. The van der Waals surface area contributed by atoms with Crippen LogP contribution in [0.4, 0.5) is 11.4 Å². The molecule has 37 heavy (non-hydrogen) atoms. The van der Waals surface area contributed by atoms with E-state index >= 15 is 0 Å². The number of H-pyrrole nitrogens is 1. The minimum atomic E-state index is 0.761. The van der Waals surface area contributed by atoms with E-state index in [4.69, 9.17) is 0 Å². The second-order valence-electron chi connectivity index (χ2n) is 9.65. The van der Waals surface area contributed by atoms with Gasteiger partial charge in [0.05, 0.1) is 35.5 Å². The van der Waals surface area contributed by atoms with Gasteiger partial charge in [-0.15, -0.1) is 0 Å². The summed E-state index contributed by atoms with van der Waals surface area (Å²) in [5.74, 6) is 0.966. The number of benzene rings is 2. The zero-order chi connectivity index (χ0) is 26.2. The Bertz CT molecular complexity index is 1200. The lowest BCUT2D eigenvalue weighted by Crippen LogP contribution is -2.29. The largest absolute Gasteiger partial charge is 0.386 e. The van der Waals surface area contributed by atoms with E-state index in [2.05, 4.69) is 106 Å². The fraction of sp³-hybridized carbons (Fsp3) is 0.414. The van der Waals surface area contributed by atoms with Gasteiger partial charge in [-0.3, -0.25) is 0 Å². The molecule has 0 saturated heterocycles. The molecular weight excluding hydrogens is 478 g/mol. The summed E-state index contributed by atoms with van der Waals surface area (Å²) < 4.78 is 0. The summed E-state index contributed by atoms with van der Waals surface area (Å²) in [4.78, 5) is 15.1. The second kappa shape index (κ2) is 13.0. The lowest BCUT2D eigenvalue weighted by Gasteiger charge is -2.24. The molecular formula is C29H41N7S. The summed E-state index contributed by atoms with van der Waals surface area (Å²) >= 11 is 1.81. The van der Waals surface area contributed by atoms with Crippen molar-refractivity contribution in [3.63, 3.8) is 0 Å². The summed E-state index contributed by atoms with van der Waals surface area (Å²) in [6.07, 6.45) is 6.43. The molecule has 2 heterocycles. The first-order valence-electron chi connectivity index (χ1n) is 13.3. The molecule has 4 rings (SSSR count). The van der Waals surface area contributed by atoms with Crippen LogP contribution < -0.4 is 16.0 Å². The zero-order valence-corrected chi connectivity index (χ0v) is 23.6. The van der Waals surface area contributed by atoms with Crippen molar-refractivity contribution in [1.82, 2.24) is 30.4 Å². The number of fused-ring (bicyclic) bond motifs is 2. The minimum Gasteiger partial charge on any atom is -0.386 e. The van der Waals surface area contributed by atoms with Gasteiger partial charge in [0, 0.05) is 54.3 Å². The van der Waals surface area contributed by atoms with Gasteiger partial charge < -0.3 is 30.7 Å². The van der Waals surface area contributed by atoms with Gasteiger partial charge in [0.1, 0.15) is 5.82 Å². The maximum absolute atomic E-state index is 4.53. The Hall–Kier alpha value is -2.94. The third kappa shape index (κ3) is 7.09. The molecule has 1 aliphatic heterocycles. The standard InChI is InChI=1S/C29H41N7S/c1-6-12-31-19-29-32-18-25(34-29)21-9-11-27-24(16-21)33-23-10-8-22(17-28(23)37-27)26(30-3)20-36(5)15-14-35(4)13-7-2/h8-11,16-18,20,30-31,33H,6-7,12-15,19H2,1-5H3,(H,32,34)/b26-20-. The van der Waals surface area contributed by atoms with Crippen molar-refractivity contribution in [3.05, 3.63) is 60.2 Å². The molecule has 0 spiro atoms. The molecule has 0 amide bonds. The highest BCUT2D eigenvalue weighted by molar-refractivity contribution is 7.99. The normalized spacial score (nSPS) is 12.8. The van der Waals surface area contributed by atoms with E-state index in [0.717, 1.165) is 73.3 Å². The van der Waals surface area contributed by atoms with Crippen LogP contribution in [0, 0.1) is 0 Å². The van der Waals surface area contributed by atoms with Gasteiger partial charge in [-0.05, 0) is 57.2 Å². The summed E-state index contributed by atoms with van der Waals surface area (Å²) in [6, 6.07) is 13.2. The van der Waals surface area contributed by atoms with Crippen molar-refractivity contribution in [2.75, 3.05) is 52.6 Å². The number of nitrogens with one attached hydrogen (secondary N) is 4. The van der Waals surface area contributed by atoms with Crippen LogP contribution in [-0.2, 0) is 6.54 Å². The number of aromatic nitrogens is 2. The topological polar surface area (TPSA) is 71.2 Å². The number of hydrogen-bond donors (Lipinski definition) is 4. The van der Waals surface area contributed by atoms with Crippen LogP contribution in [0.2, 0.25) is 0 Å². The van der Waals surface area contributed by atoms with Crippen molar-refractivity contribution in [1.29, 1.82) is 0 Å². The van der Waals surface area contributed by atoms with Crippen LogP contribution in [-0.4, -0.2) is 67.1 Å². The number of anilines is 2. The van der Waals surface area contributed by atoms with Gasteiger partial charge in [0.15, 0.2) is 0 Å². The van der Waals surface area contributed by atoms with E-state index in [1.165, 1.54) is 21.8 Å². The molecule has 0 aliphatic carbocycles. The molecule has 0 fully saturated rings. The quantitative estimate of drug-likeness (QED) is 0.172. The molecule has 0 unspecified atom stereocenters. The third-order valence-corrected chi connectivity index (χ3v) is 7.61. The van der Waals surface area contributed by atoms with E-state index in [-0.39, 0.29) is 0 Å². The van der Waals surface area contributed by atoms with E-state index in [1.54, 1.807) is 0 Å². The first kappa shape index (κ1) is 27.1. The Morgan fingerprint density at radius 2 is 1.86 bits per heavy atom. The van der Waals surface area contributed by atoms with Crippen LogP contribution >= 0.6 is 11.8 Å². The predicted octanol–water partition coefficient (Wildman–Crippen LogP) is 5.58. The Balaban J connectivity index is 1.45. The van der Waals surface area contributed by atoms with Gasteiger partial charge >= 0.3 is 0 Å². The van der Waals surface area contributed by atoms with Gasteiger partial charge in [0.25, 0.3) is 0 Å². The van der Waals surface area contributed by atoms with Crippen molar-refractivity contribution in [2.45, 2.75) is 43.0 Å². The van der Waals surface area contributed by atoms with Crippen molar-refractivity contribution in [2.24, 2.45) is 0 Å².